The molecule has 1 saturated heterocycles. The highest BCUT2D eigenvalue weighted by molar-refractivity contribution is 5.96. The number of amides is 1. The zero-order valence-corrected chi connectivity index (χ0v) is 10.3. The van der Waals surface area contributed by atoms with Crippen LogP contribution in [0.5, 0.6) is 5.75 Å². The van der Waals surface area contributed by atoms with Gasteiger partial charge < -0.3 is 15.4 Å². The quantitative estimate of drug-likeness (QED) is 0.797. The molecule has 1 aromatic carbocycles. The highest BCUT2D eigenvalue weighted by Gasteiger charge is 2.26. The first-order valence-electron chi connectivity index (χ1n) is 5.88. The molecule has 0 bridgehead atoms. The molecule has 2 rings (SSSR count). The van der Waals surface area contributed by atoms with Gasteiger partial charge in [0.15, 0.2) is 0 Å². The Hall–Kier alpha value is -1.71. The number of piperidine rings is 1. The number of rotatable bonds is 2. The maximum atomic E-state index is 12.0. The van der Waals surface area contributed by atoms with Crippen LogP contribution in [-0.2, 0) is 4.79 Å². The van der Waals surface area contributed by atoms with Gasteiger partial charge in [-0.1, -0.05) is 6.92 Å². The van der Waals surface area contributed by atoms with E-state index in [9.17, 15) is 4.79 Å². The molecular formula is C13H18N2O2. The van der Waals surface area contributed by atoms with Gasteiger partial charge in [0.1, 0.15) is 5.75 Å². The second-order valence-electron chi connectivity index (χ2n) is 4.46. The number of anilines is 2. The van der Waals surface area contributed by atoms with Crippen LogP contribution in [0.2, 0.25) is 0 Å². The van der Waals surface area contributed by atoms with E-state index < -0.39 is 0 Å². The second kappa shape index (κ2) is 4.65. The summed E-state index contributed by atoms with van der Waals surface area (Å²) in [7, 11) is 1.58. The number of carbonyl (C=O) groups excluding carboxylic acids is 1. The Labute approximate surface area is 101 Å². The molecule has 0 spiro atoms. The summed E-state index contributed by atoms with van der Waals surface area (Å²) < 4.78 is 5.11. The van der Waals surface area contributed by atoms with E-state index in [4.69, 9.17) is 10.5 Å². The van der Waals surface area contributed by atoms with Crippen molar-refractivity contribution in [1.82, 2.24) is 0 Å². The van der Waals surface area contributed by atoms with Gasteiger partial charge in [-0.2, -0.15) is 0 Å². The lowest BCUT2D eigenvalue weighted by Crippen LogP contribution is -2.40. The number of nitrogens with zero attached hydrogens (tertiary/aromatic N) is 1. The first-order chi connectivity index (χ1) is 8.13. The zero-order chi connectivity index (χ0) is 12.4. The van der Waals surface area contributed by atoms with Crippen LogP contribution < -0.4 is 15.4 Å². The third kappa shape index (κ3) is 2.20. The number of carbonyl (C=O) groups is 1. The van der Waals surface area contributed by atoms with Crippen LogP contribution in [0.4, 0.5) is 11.4 Å². The smallest absolute Gasteiger partial charge is 0.229 e. The van der Waals surface area contributed by atoms with Gasteiger partial charge in [0.25, 0.3) is 0 Å². The van der Waals surface area contributed by atoms with Crippen molar-refractivity contribution < 1.29 is 9.53 Å². The van der Waals surface area contributed by atoms with Crippen molar-refractivity contribution in [2.75, 3.05) is 24.3 Å². The molecule has 1 aromatic rings. The molecule has 17 heavy (non-hydrogen) atoms. The van der Waals surface area contributed by atoms with Crippen LogP contribution in [0.3, 0.4) is 0 Å². The fourth-order valence-corrected chi connectivity index (χ4v) is 2.20. The fourth-order valence-electron chi connectivity index (χ4n) is 2.20. The van der Waals surface area contributed by atoms with Gasteiger partial charge >= 0.3 is 0 Å². The average Bonchev–Trinajstić information content (AvgIpc) is 2.32. The third-order valence-electron chi connectivity index (χ3n) is 3.23. The monoisotopic (exact) mass is 234 g/mol. The summed E-state index contributed by atoms with van der Waals surface area (Å²) in [6.45, 7) is 2.75. The first kappa shape index (κ1) is 11.8. The summed E-state index contributed by atoms with van der Waals surface area (Å²) >= 11 is 0. The van der Waals surface area contributed by atoms with Crippen LogP contribution in [0.15, 0.2) is 18.2 Å². The lowest BCUT2D eigenvalue weighted by molar-refractivity contribution is -0.123. The SMILES string of the molecule is COc1ccc(N2CCCC(C)C2=O)cc1N. The summed E-state index contributed by atoms with van der Waals surface area (Å²) in [4.78, 5) is 13.9. The summed E-state index contributed by atoms with van der Waals surface area (Å²) in [5.41, 5.74) is 7.28. The summed E-state index contributed by atoms with van der Waals surface area (Å²) in [6.07, 6.45) is 2.01. The maximum absolute atomic E-state index is 12.0. The number of hydrogen-bond acceptors (Lipinski definition) is 3. The number of nitrogen functional groups attached to an aromatic ring is 1. The minimum atomic E-state index is 0.104. The minimum absolute atomic E-state index is 0.104. The fraction of sp³-hybridized carbons (Fsp3) is 0.462. The Morgan fingerprint density at radius 2 is 2.24 bits per heavy atom. The van der Waals surface area contributed by atoms with E-state index >= 15 is 0 Å². The third-order valence-corrected chi connectivity index (χ3v) is 3.23. The lowest BCUT2D eigenvalue weighted by Gasteiger charge is -2.31. The van der Waals surface area contributed by atoms with Crippen LogP contribution in [-0.4, -0.2) is 19.6 Å². The Balaban J connectivity index is 2.27. The Morgan fingerprint density at radius 3 is 2.88 bits per heavy atom. The Bertz CT molecular complexity index is 431. The summed E-state index contributed by atoms with van der Waals surface area (Å²) in [5.74, 6) is 0.930. The van der Waals surface area contributed by atoms with Crippen LogP contribution >= 0.6 is 0 Å². The van der Waals surface area contributed by atoms with Crippen molar-refractivity contribution in [3.63, 3.8) is 0 Å². The minimum Gasteiger partial charge on any atom is -0.495 e. The van der Waals surface area contributed by atoms with Crippen LogP contribution in [0.25, 0.3) is 0 Å². The van der Waals surface area contributed by atoms with Gasteiger partial charge in [-0.05, 0) is 31.0 Å². The topological polar surface area (TPSA) is 55.6 Å². The van der Waals surface area contributed by atoms with E-state index in [-0.39, 0.29) is 11.8 Å². The average molecular weight is 234 g/mol. The molecule has 0 aliphatic carbocycles. The van der Waals surface area contributed by atoms with Crippen molar-refractivity contribution in [3.8, 4) is 5.75 Å². The molecule has 1 heterocycles. The molecule has 1 aliphatic rings. The van der Waals surface area contributed by atoms with E-state index in [0.717, 1.165) is 25.1 Å². The molecule has 2 N–H and O–H groups in total. The van der Waals surface area contributed by atoms with Crippen molar-refractivity contribution in [1.29, 1.82) is 0 Å². The predicted octanol–water partition coefficient (Wildman–Crippen LogP) is 2.04. The van der Waals surface area contributed by atoms with Gasteiger partial charge in [0, 0.05) is 18.2 Å². The lowest BCUT2D eigenvalue weighted by atomic mass is 9.98. The normalized spacial score (nSPS) is 20.5. The number of ether oxygens (including phenoxy) is 1. The molecule has 1 unspecified atom stereocenters. The van der Waals surface area contributed by atoms with E-state index in [2.05, 4.69) is 0 Å². The molecule has 92 valence electrons. The molecule has 1 amide bonds. The number of hydrogen-bond donors (Lipinski definition) is 1. The highest BCUT2D eigenvalue weighted by atomic mass is 16.5. The van der Waals surface area contributed by atoms with Crippen molar-refractivity contribution in [3.05, 3.63) is 18.2 Å². The summed E-state index contributed by atoms with van der Waals surface area (Å²) in [5, 5.41) is 0. The zero-order valence-electron chi connectivity index (χ0n) is 10.3. The molecule has 0 radical (unpaired) electrons. The molecule has 1 fully saturated rings. The van der Waals surface area contributed by atoms with Gasteiger partial charge in [-0.15, -0.1) is 0 Å². The van der Waals surface area contributed by atoms with Crippen LogP contribution in [0, 0.1) is 5.92 Å². The second-order valence-corrected chi connectivity index (χ2v) is 4.46. The molecule has 0 saturated carbocycles. The molecular weight excluding hydrogens is 216 g/mol. The van der Waals surface area contributed by atoms with E-state index in [1.165, 1.54) is 0 Å². The number of methoxy groups -OCH3 is 1. The summed E-state index contributed by atoms with van der Waals surface area (Å²) in [6, 6.07) is 5.48. The van der Waals surface area contributed by atoms with Gasteiger partial charge in [-0.25, -0.2) is 0 Å². The highest BCUT2D eigenvalue weighted by Crippen LogP contribution is 2.30. The van der Waals surface area contributed by atoms with Gasteiger partial charge in [0.2, 0.25) is 5.91 Å². The van der Waals surface area contributed by atoms with E-state index in [1.54, 1.807) is 19.2 Å². The Morgan fingerprint density at radius 1 is 1.47 bits per heavy atom. The van der Waals surface area contributed by atoms with Crippen molar-refractivity contribution >= 4 is 17.3 Å². The van der Waals surface area contributed by atoms with Crippen molar-refractivity contribution in [2.45, 2.75) is 19.8 Å². The molecule has 4 heteroatoms. The molecule has 0 aromatic heterocycles. The Kier molecular flexibility index (Phi) is 3.22. The van der Waals surface area contributed by atoms with Crippen LogP contribution in [0.1, 0.15) is 19.8 Å². The predicted molar refractivity (Wildman–Crippen MR) is 68.2 cm³/mol. The number of nitrogens with two attached hydrogens (primary N) is 1. The largest absolute Gasteiger partial charge is 0.495 e. The number of benzene rings is 1. The first-order valence-corrected chi connectivity index (χ1v) is 5.88. The van der Waals surface area contributed by atoms with E-state index in [1.807, 2.05) is 17.9 Å². The molecule has 4 nitrogen and oxygen atoms in total. The van der Waals surface area contributed by atoms with Crippen molar-refractivity contribution in [2.24, 2.45) is 5.92 Å². The van der Waals surface area contributed by atoms with Gasteiger partial charge in [-0.3, -0.25) is 4.79 Å². The molecule has 1 atom stereocenters. The maximum Gasteiger partial charge on any atom is 0.229 e. The van der Waals surface area contributed by atoms with Gasteiger partial charge in [0.05, 0.1) is 12.8 Å². The standard InChI is InChI=1S/C13H18N2O2/c1-9-4-3-7-15(13(9)16)10-5-6-12(17-2)11(14)8-10/h5-6,8-9H,3-4,7,14H2,1-2H3. The molecule has 1 aliphatic heterocycles. The van der Waals surface area contributed by atoms with E-state index in [0.29, 0.717) is 11.4 Å².